The second-order valence-electron chi connectivity index (χ2n) is 4.89. The maximum Gasteiger partial charge on any atom is 0.273 e. The highest BCUT2D eigenvalue weighted by Crippen LogP contribution is 2.27. The maximum absolute atomic E-state index is 11.1. The fourth-order valence-corrected chi connectivity index (χ4v) is 3.03. The molecule has 0 saturated heterocycles. The molecule has 0 amide bonds. The molecule has 1 aromatic heterocycles. The van der Waals surface area contributed by atoms with E-state index in [1.54, 1.807) is 22.9 Å². The molecular formula is C15H13N5O2S. The SMILES string of the molecule is Cc1cccc(-n2nnnc2SCc2ccccc2[N+](=O)[O-])c1. The van der Waals surface area contributed by atoms with Crippen molar-refractivity contribution in [1.29, 1.82) is 0 Å². The van der Waals surface area contributed by atoms with E-state index in [0.717, 1.165) is 11.3 Å². The summed E-state index contributed by atoms with van der Waals surface area (Å²) in [5.41, 5.74) is 2.71. The molecule has 0 bridgehead atoms. The van der Waals surface area contributed by atoms with E-state index in [4.69, 9.17) is 0 Å². The van der Waals surface area contributed by atoms with Crippen LogP contribution in [0.25, 0.3) is 5.69 Å². The molecule has 7 nitrogen and oxygen atoms in total. The van der Waals surface area contributed by atoms with Gasteiger partial charge in [0, 0.05) is 17.4 Å². The van der Waals surface area contributed by atoms with E-state index < -0.39 is 0 Å². The first kappa shape index (κ1) is 15.2. The lowest BCUT2D eigenvalue weighted by molar-refractivity contribution is -0.385. The molecule has 0 fully saturated rings. The summed E-state index contributed by atoms with van der Waals surface area (Å²) in [7, 11) is 0. The monoisotopic (exact) mass is 327 g/mol. The van der Waals surface area contributed by atoms with Crippen LogP contribution in [0.1, 0.15) is 11.1 Å². The lowest BCUT2D eigenvalue weighted by Crippen LogP contribution is -2.00. The van der Waals surface area contributed by atoms with Crippen LogP contribution >= 0.6 is 11.8 Å². The van der Waals surface area contributed by atoms with E-state index in [1.165, 1.54) is 17.8 Å². The number of aryl methyl sites for hydroxylation is 1. The summed E-state index contributed by atoms with van der Waals surface area (Å²) in [6.45, 7) is 1.99. The molecule has 8 heteroatoms. The van der Waals surface area contributed by atoms with Crippen LogP contribution in [0, 0.1) is 17.0 Å². The van der Waals surface area contributed by atoms with Crippen molar-refractivity contribution in [3.05, 3.63) is 69.8 Å². The molecule has 0 aliphatic rings. The van der Waals surface area contributed by atoms with Gasteiger partial charge in [0.2, 0.25) is 5.16 Å². The molecule has 1 heterocycles. The topological polar surface area (TPSA) is 86.7 Å². The molecule has 0 saturated carbocycles. The Hall–Kier alpha value is -2.74. The van der Waals surface area contributed by atoms with Gasteiger partial charge in [-0.3, -0.25) is 10.1 Å². The van der Waals surface area contributed by atoms with E-state index in [2.05, 4.69) is 15.5 Å². The molecule has 0 aliphatic carbocycles. The number of benzene rings is 2. The van der Waals surface area contributed by atoms with Crippen LogP contribution in [-0.2, 0) is 5.75 Å². The molecule has 0 spiro atoms. The Bertz CT molecular complexity index is 849. The van der Waals surface area contributed by atoms with Crippen LogP contribution in [-0.4, -0.2) is 25.1 Å². The Morgan fingerprint density at radius 1 is 1.22 bits per heavy atom. The smallest absolute Gasteiger partial charge is 0.258 e. The highest BCUT2D eigenvalue weighted by molar-refractivity contribution is 7.98. The van der Waals surface area contributed by atoms with E-state index in [9.17, 15) is 10.1 Å². The van der Waals surface area contributed by atoms with Gasteiger partial charge in [0.25, 0.3) is 5.69 Å². The number of rotatable bonds is 5. The van der Waals surface area contributed by atoms with Gasteiger partial charge in [-0.2, -0.15) is 4.68 Å². The van der Waals surface area contributed by atoms with Gasteiger partial charge >= 0.3 is 0 Å². The van der Waals surface area contributed by atoms with Crippen LogP contribution in [0.4, 0.5) is 5.69 Å². The number of nitro benzene ring substituents is 1. The Morgan fingerprint density at radius 3 is 2.83 bits per heavy atom. The van der Waals surface area contributed by atoms with Gasteiger partial charge in [0.15, 0.2) is 0 Å². The first-order valence-electron chi connectivity index (χ1n) is 6.85. The van der Waals surface area contributed by atoms with Crippen molar-refractivity contribution in [2.75, 3.05) is 0 Å². The number of thioether (sulfide) groups is 1. The third-order valence-electron chi connectivity index (χ3n) is 3.23. The van der Waals surface area contributed by atoms with Gasteiger partial charge in [0.05, 0.1) is 10.6 Å². The fourth-order valence-electron chi connectivity index (χ4n) is 2.14. The third-order valence-corrected chi connectivity index (χ3v) is 4.20. The normalized spacial score (nSPS) is 10.7. The number of aromatic nitrogens is 4. The second-order valence-corrected chi connectivity index (χ2v) is 5.83. The first-order valence-corrected chi connectivity index (χ1v) is 7.84. The predicted octanol–water partition coefficient (Wildman–Crippen LogP) is 3.17. The van der Waals surface area contributed by atoms with Crippen LogP contribution in [0.2, 0.25) is 0 Å². The van der Waals surface area contributed by atoms with E-state index in [-0.39, 0.29) is 10.6 Å². The Labute approximate surface area is 136 Å². The van der Waals surface area contributed by atoms with Crippen molar-refractivity contribution >= 4 is 17.4 Å². The molecule has 0 radical (unpaired) electrons. The summed E-state index contributed by atoms with van der Waals surface area (Å²) < 4.78 is 1.63. The van der Waals surface area contributed by atoms with Crippen LogP contribution < -0.4 is 0 Å². The number of hydrogen-bond donors (Lipinski definition) is 0. The van der Waals surface area contributed by atoms with E-state index in [0.29, 0.717) is 16.5 Å². The predicted molar refractivity (Wildman–Crippen MR) is 86.5 cm³/mol. The standard InChI is InChI=1S/C15H13N5O2S/c1-11-5-4-7-13(9-11)19-15(16-17-18-19)23-10-12-6-2-3-8-14(12)20(21)22/h2-9H,10H2,1H3. The third kappa shape index (κ3) is 3.37. The molecule has 23 heavy (non-hydrogen) atoms. The van der Waals surface area contributed by atoms with Gasteiger partial charge in [-0.15, -0.1) is 5.10 Å². The van der Waals surface area contributed by atoms with E-state index >= 15 is 0 Å². The minimum Gasteiger partial charge on any atom is -0.258 e. The number of tetrazole rings is 1. The fraction of sp³-hybridized carbons (Fsp3) is 0.133. The Balaban J connectivity index is 1.83. The summed E-state index contributed by atoms with van der Waals surface area (Å²) >= 11 is 1.36. The molecule has 3 rings (SSSR count). The summed E-state index contributed by atoms with van der Waals surface area (Å²) in [6.07, 6.45) is 0. The number of nitrogens with zero attached hydrogens (tertiary/aromatic N) is 5. The summed E-state index contributed by atoms with van der Waals surface area (Å²) in [5.74, 6) is 0.420. The Kier molecular flexibility index (Phi) is 4.33. The van der Waals surface area contributed by atoms with Gasteiger partial charge in [-0.05, 0) is 35.0 Å². The number of para-hydroxylation sites is 1. The largest absolute Gasteiger partial charge is 0.273 e. The lowest BCUT2D eigenvalue weighted by atomic mass is 10.2. The van der Waals surface area contributed by atoms with Crippen molar-refractivity contribution < 1.29 is 4.92 Å². The molecule has 116 valence electrons. The van der Waals surface area contributed by atoms with Crippen molar-refractivity contribution in [1.82, 2.24) is 20.2 Å². The minimum atomic E-state index is -0.376. The van der Waals surface area contributed by atoms with Crippen LogP contribution in [0.15, 0.2) is 53.7 Å². The van der Waals surface area contributed by atoms with Gasteiger partial charge < -0.3 is 0 Å². The average Bonchev–Trinajstić information content (AvgIpc) is 3.01. The average molecular weight is 327 g/mol. The quantitative estimate of drug-likeness (QED) is 0.406. The zero-order valence-electron chi connectivity index (χ0n) is 12.3. The zero-order valence-corrected chi connectivity index (χ0v) is 13.1. The van der Waals surface area contributed by atoms with Crippen LogP contribution in [0.3, 0.4) is 0 Å². The van der Waals surface area contributed by atoms with Gasteiger partial charge in [-0.25, -0.2) is 0 Å². The molecule has 0 N–H and O–H groups in total. The number of hydrogen-bond acceptors (Lipinski definition) is 6. The zero-order chi connectivity index (χ0) is 16.2. The maximum atomic E-state index is 11.1. The van der Waals surface area contributed by atoms with Crippen LogP contribution in [0.5, 0.6) is 0 Å². The second kappa shape index (κ2) is 6.57. The van der Waals surface area contributed by atoms with Gasteiger partial charge in [-0.1, -0.05) is 42.1 Å². The van der Waals surface area contributed by atoms with Crippen molar-refractivity contribution in [3.8, 4) is 5.69 Å². The van der Waals surface area contributed by atoms with Gasteiger partial charge in [0.1, 0.15) is 0 Å². The van der Waals surface area contributed by atoms with Crippen molar-refractivity contribution in [2.24, 2.45) is 0 Å². The first-order chi connectivity index (χ1) is 11.1. The summed E-state index contributed by atoms with van der Waals surface area (Å²) in [4.78, 5) is 10.7. The number of nitro groups is 1. The minimum absolute atomic E-state index is 0.106. The lowest BCUT2D eigenvalue weighted by Gasteiger charge is -2.05. The summed E-state index contributed by atoms with van der Waals surface area (Å²) in [6, 6.07) is 14.5. The van der Waals surface area contributed by atoms with Crippen molar-refractivity contribution in [2.45, 2.75) is 17.8 Å². The Morgan fingerprint density at radius 2 is 2.04 bits per heavy atom. The van der Waals surface area contributed by atoms with Crippen molar-refractivity contribution in [3.63, 3.8) is 0 Å². The molecule has 0 aliphatic heterocycles. The molecule has 3 aromatic rings. The molecule has 2 aromatic carbocycles. The summed E-state index contributed by atoms with van der Waals surface area (Å²) in [5, 5.41) is 23.4. The van der Waals surface area contributed by atoms with E-state index in [1.807, 2.05) is 31.2 Å². The molecule has 0 unspecified atom stereocenters. The molecular weight excluding hydrogens is 314 g/mol. The highest BCUT2D eigenvalue weighted by Gasteiger charge is 2.15. The highest BCUT2D eigenvalue weighted by atomic mass is 32.2. The molecule has 0 atom stereocenters.